The summed E-state index contributed by atoms with van der Waals surface area (Å²) in [5.41, 5.74) is 7.26. The van der Waals surface area contributed by atoms with E-state index in [0.717, 1.165) is 12.1 Å². The van der Waals surface area contributed by atoms with Gasteiger partial charge in [-0.1, -0.05) is 0 Å². The summed E-state index contributed by atoms with van der Waals surface area (Å²) in [6.07, 6.45) is 6.14. The maximum Gasteiger partial charge on any atom is 0.0947 e. The van der Waals surface area contributed by atoms with Gasteiger partial charge in [-0.2, -0.15) is 5.10 Å². The summed E-state index contributed by atoms with van der Waals surface area (Å²) in [4.78, 5) is 2.03. The fourth-order valence-electron chi connectivity index (χ4n) is 1.87. The lowest BCUT2D eigenvalue weighted by atomic mass is 10.3. The summed E-state index contributed by atoms with van der Waals surface area (Å²) in [5.74, 6) is 0. The van der Waals surface area contributed by atoms with E-state index >= 15 is 0 Å². The van der Waals surface area contributed by atoms with Crippen LogP contribution >= 0.6 is 0 Å². The van der Waals surface area contributed by atoms with Crippen molar-refractivity contribution >= 4 is 5.69 Å². The fourth-order valence-corrected chi connectivity index (χ4v) is 1.87. The number of hydrogen-bond acceptors (Lipinski definition) is 5. The number of furan rings is 1. The van der Waals surface area contributed by atoms with Gasteiger partial charge >= 0.3 is 0 Å². The second kappa shape index (κ2) is 5.70. The van der Waals surface area contributed by atoms with E-state index in [0.29, 0.717) is 18.8 Å². The van der Waals surface area contributed by atoms with Gasteiger partial charge in [-0.15, -0.1) is 0 Å². The Morgan fingerprint density at radius 2 is 2.44 bits per heavy atom. The maximum absolute atomic E-state index is 9.94. The van der Waals surface area contributed by atoms with Crippen molar-refractivity contribution in [2.75, 3.05) is 19.3 Å². The van der Waals surface area contributed by atoms with Crippen molar-refractivity contribution in [1.82, 2.24) is 14.7 Å². The fraction of sp³-hybridized carbons (Fsp3) is 0.417. The van der Waals surface area contributed by atoms with Gasteiger partial charge in [0.05, 0.1) is 37.1 Å². The maximum atomic E-state index is 9.94. The molecule has 6 nitrogen and oxygen atoms in total. The third kappa shape index (κ3) is 3.61. The average Bonchev–Trinajstić information content (AvgIpc) is 2.90. The van der Waals surface area contributed by atoms with Crippen molar-refractivity contribution in [2.24, 2.45) is 0 Å². The number of aliphatic hydroxyl groups is 1. The van der Waals surface area contributed by atoms with E-state index in [1.54, 1.807) is 29.6 Å². The van der Waals surface area contributed by atoms with Crippen molar-refractivity contribution in [3.63, 3.8) is 0 Å². The average molecular weight is 250 g/mol. The number of aromatic nitrogens is 2. The minimum atomic E-state index is -0.485. The van der Waals surface area contributed by atoms with E-state index < -0.39 is 6.10 Å². The molecule has 6 heteroatoms. The number of nitrogens with zero attached hydrogens (tertiary/aromatic N) is 3. The first-order chi connectivity index (χ1) is 8.63. The number of likely N-dealkylation sites (N-methyl/N-ethyl adjacent to an activating group) is 1. The molecule has 0 saturated heterocycles. The van der Waals surface area contributed by atoms with Crippen LogP contribution in [-0.4, -0.2) is 39.5 Å². The number of rotatable bonds is 6. The number of nitrogens with two attached hydrogens (primary N) is 1. The van der Waals surface area contributed by atoms with E-state index in [4.69, 9.17) is 10.2 Å². The Morgan fingerprint density at radius 1 is 1.61 bits per heavy atom. The van der Waals surface area contributed by atoms with Crippen LogP contribution < -0.4 is 5.73 Å². The molecule has 2 aromatic rings. The highest BCUT2D eigenvalue weighted by Crippen LogP contribution is 2.05. The first-order valence-corrected chi connectivity index (χ1v) is 5.79. The molecule has 0 bridgehead atoms. The van der Waals surface area contributed by atoms with Gasteiger partial charge in [0.1, 0.15) is 0 Å². The smallest absolute Gasteiger partial charge is 0.0947 e. The van der Waals surface area contributed by atoms with Gasteiger partial charge in [0.15, 0.2) is 0 Å². The third-order valence-corrected chi connectivity index (χ3v) is 2.61. The van der Waals surface area contributed by atoms with Crippen LogP contribution in [0.2, 0.25) is 0 Å². The highest BCUT2D eigenvalue weighted by Gasteiger charge is 2.10. The summed E-state index contributed by atoms with van der Waals surface area (Å²) < 4.78 is 6.65. The molecule has 0 amide bonds. The topological polar surface area (TPSA) is 80.5 Å². The van der Waals surface area contributed by atoms with E-state index in [9.17, 15) is 5.11 Å². The summed E-state index contributed by atoms with van der Waals surface area (Å²) in [6.45, 7) is 1.74. The first-order valence-electron chi connectivity index (χ1n) is 5.79. The molecule has 0 aliphatic heterocycles. The van der Waals surface area contributed by atoms with Crippen molar-refractivity contribution in [1.29, 1.82) is 0 Å². The highest BCUT2D eigenvalue weighted by molar-refractivity contribution is 5.30. The van der Waals surface area contributed by atoms with Crippen molar-refractivity contribution in [3.05, 3.63) is 36.5 Å². The molecule has 0 aliphatic carbocycles. The Labute approximate surface area is 106 Å². The van der Waals surface area contributed by atoms with Crippen LogP contribution in [-0.2, 0) is 13.1 Å². The Morgan fingerprint density at radius 3 is 3.06 bits per heavy atom. The molecule has 98 valence electrons. The summed E-state index contributed by atoms with van der Waals surface area (Å²) in [7, 11) is 1.95. The highest BCUT2D eigenvalue weighted by atomic mass is 16.3. The SMILES string of the molecule is CN(Cc1ccoc1)CC(O)Cn1cc(N)cn1. The molecule has 3 N–H and O–H groups in total. The molecule has 1 atom stereocenters. The number of anilines is 1. The van der Waals surface area contributed by atoms with Gasteiger partial charge in [-0.3, -0.25) is 9.58 Å². The van der Waals surface area contributed by atoms with E-state index in [2.05, 4.69) is 5.10 Å². The van der Waals surface area contributed by atoms with Crippen LogP contribution in [0.4, 0.5) is 5.69 Å². The van der Waals surface area contributed by atoms with Crippen molar-refractivity contribution in [2.45, 2.75) is 19.2 Å². The summed E-state index contributed by atoms with van der Waals surface area (Å²) >= 11 is 0. The van der Waals surface area contributed by atoms with Crippen LogP contribution in [0.3, 0.4) is 0 Å². The Balaban J connectivity index is 1.78. The zero-order valence-corrected chi connectivity index (χ0v) is 10.4. The van der Waals surface area contributed by atoms with Gasteiger partial charge < -0.3 is 15.3 Å². The van der Waals surface area contributed by atoms with Gasteiger partial charge in [0.25, 0.3) is 0 Å². The molecule has 2 rings (SSSR count). The first kappa shape index (κ1) is 12.7. The van der Waals surface area contributed by atoms with Crippen LogP contribution in [0.5, 0.6) is 0 Å². The lowest BCUT2D eigenvalue weighted by Gasteiger charge is -2.19. The van der Waals surface area contributed by atoms with Gasteiger partial charge in [-0.25, -0.2) is 0 Å². The molecule has 0 aliphatic rings. The lowest BCUT2D eigenvalue weighted by molar-refractivity contribution is 0.104. The Hall–Kier alpha value is -1.79. The molecule has 0 radical (unpaired) electrons. The molecule has 18 heavy (non-hydrogen) atoms. The Kier molecular flexibility index (Phi) is 4.01. The molecule has 2 heterocycles. The molecule has 1 unspecified atom stereocenters. The van der Waals surface area contributed by atoms with Gasteiger partial charge in [0.2, 0.25) is 0 Å². The van der Waals surface area contributed by atoms with E-state index in [1.807, 2.05) is 18.0 Å². The van der Waals surface area contributed by atoms with Crippen LogP contribution in [0.25, 0.3) is 0 Å². The summed E-state index contributed by atoms with van der Waals surface area (Å²) in [5, 5.41) is 14.0. The summed E-state index contributed by atoms with van der Waals surface area (Å²) in [6, 6.07) is 1.91. The van der Waals surface area contributed by atoms with Crippen molar-refractivity contribution in [3.8, 4) is 0 Å². The molecule has 2 aromatic heterocycles. The third-order valence-electron chi connectivity index (χ3n) is 2.61. The van der Waals surface area contributed by atoms with E-state index in [-0.39, 0.29) is 0 Å². The minimum Gasteiger partial charge on any atom is -0.472 e. The number of hydrogen-bond donors (Lipinski definition) is 2. The second-order valence-corrected chi connectivity index (χ2v) is 4.48. The van der Waals surface area contributed by atoms with Crippen molar-refractivity contribution < 1.29 is 9.52 Å². The minimum absolute atomic E-state index is 0.437. The zero-order chi connectivity index (χ0) is 13.0. The lowest BCUT2D eigenvalue weighted by Crippen LogP contribution is -2.31. The normalized spacial score (nSPS) is 13.1. The molecular formula is C12H18N4O2. The predicted molar refractivity (Wildman–Crippen MR) is 67.7 cm³/mol. The van der Waals surface area contributed by atoms with Crippen LogP contribution in [0, 0.1) is 0 Å². The number of aliphatic hydroxyl groups excluding tert-OH is 1. The second-order valence-electron chi connectivity index (χ2n) is 4.48. The number of nitrogen functional groups attached to an aromatic ring is 1. The predicted octanol–water partition coefficient (Wildman–Crippen LogP) is 0.551. The monoisotopic (exact) mass is 250 g/mol. The van der Waals surface area contributed by atoms with E-state index in [1.165, 1.54) is 0 Å². The van der Waals surface area contributed by atoms with Crippen LogP contribution in [0.15, 0.2) is 35.4 Å². The molecular weight excluding hydrogens is 232 g/mol. The largest absolute Gasteiger partial charge is 0.472 e. The quantitative estimate of drug-likeness (QED) is 0.782. The molecule has 0 fully saturated rings. The standard InChI is InChI=1S/C12H18N4O2/c1-15(5-10-2-3-18-9-10)7-12(17)8-16-6-11(13)4-14-16/h2-4,6,9,12,17H,5,7-8,13H2,1H3. The molecule has 0 aromatic carbocycles. The Bertz CT molecular complexity index is 466. The zero-order valence-electron chi connectivity index (χ0n) is 10.4. The molecule has 0 saturated carbocycles. The van der Waals surface area contributed by atoms with Crippen LogP contribution in [0.1, 0.15) is 5.56 Å². The van der Waals surface area contributed by atoms with Gasteiger partial charge in [0, 0.05) is 24.8 Å². The van der Waals surface area contributed by atoms with Gasteiger partial charge in [-0.05, 0) is 13.1 Å². The molecule has 0 spiro atoms.